The maximum absolute atomic E-state index is 12.9. The van der Waals surface area contributed by atoms with E-state index in [0.29, 0.717) is 12.1 Å². The molecule has 0 saturated heterocycles. The number of unbranched alkanes of at least 4 members (excludes halogenated alkanes) is 4. The number of benzene rings is 1. The van der Waals surface area contributed by atoms with Crippen molar-refractivity contribution in [1.29, 1.82) is 0 Å². The Kier molecular flexibility index (Phi) is 7.40. The van der Waals surface area contributed by atoms with Crippen LogP contribution in [0.3, 0.4) is 0 Å². The zero-order chi connectivity index (χ0) is 22.6. The van der Waals surface area contributed by atoms with Crippen LogP contribution >= 0.6 is 10.2 Å². The summed E-state index contributed by atoms with van der Waals surface area (Å²) < 4.78 is 64.6. The lowest BCUT2D eigenvalue weighted by Gasteiger charge is -2.41. The van der Waals surface area contributed by atoms with Gasteiger partial charge < -0.3 is 0 Å². The molecule has 2 saturated carbocycles. The molecular formula is C25H39F5S. The van der Waals surface area contributed by atoms with Gasteiger partial charge in [0.1, 0.15) is 4.90 Å². The summed E-state index contributed by atoms with van der Waals surface area (Å²) in [5, 5.41) is 0. The Bertz CT molecular complexity index is 681. The van der Waals surface area contributed by atoms with Crippen molar-refractivity contribution in [3.8, 4) is 0 Å². The highest BCUT2D eigenvalue weighted by Crippen LogP contribution is 3.02. The standard InChI is InChI=1S/C25H39F5S/c1-2-3-4-5-6-7-20-8-10-21(11-9-20)22-12-14-23(15-13-22)24-16-18-25(19-17-24)31(26,27,28,29)30/h16-23H,2-15H2,1H3. The fourth-order valence-electron chi connectivity index (χ4n) is 5.91. The topological polar surface area (TPSA) is 0 Å². The summed E-state index contributed by atoms with van der Waals surface area (Å²) in [6.07, 6.45) is 17.7. The average molecular weight is 467 g/mol. The van der Waals surface area contributed by atoms with Crippen molar-refractivity contribution in [2.45, 2.75) is 108 Å². The molecule has 31 heavy (non-hydrogen) atoms. The summed E-state index contributed by atoms with van der Waals surface area (Å²) >= 11 is 0. The Morgan fingerprint density at radius 2 is 1.19 bits per heavy atom. The molecule has 0 atom stereocenters. The van der Waals surface area contributed by atoms with Crippen LogP contribution in [0.4, 0.5) is 19.4 Å². The molecule has 2 aliphatic carbocycles. The molecule has 0 N–H and O–H groups in total. The second-order valence-corrected chi connectivity index (χ2v) is 12.5. The first-order valence-corrected chi connectivity index (χ1v) is 14.3. The van der Waals surface area contributed by atoms with E-state index in [4.69, 9.17) is 0 Å². The molecule has 0 amide bonds. The molecule has 3 rings (SSSR count). The summed E-state index contributed by atoms with van der Waals surface area (Å²) in [4.78, 5) is -1.78. The molecule has 1 aromatic carbocycles. The Balaban J connectivity index is 1.41. The lowest BCUT2D eigenvalue weighted by molar-refractivity contribution is 0.155. The number of halogens is 5. The summed E-state index contributed by atoms with van der Waals surface area (Å²) in [6.45, 7) is 2.25. The van der Waals surface area contributed by atoms with Crippen LogP contribution in [0.15, 0.2) is 29.2 Å². The molecule has 2 aliphatic rings. The molecule has 6 heteroatoms. The van der Waals surface area contributed by atoms with Crippen molar-refractivity contribution in [2.24, 2.45) is 17.8 Å². The SMILES string of the molecule is CCCCCCCC1CCC(C2CCC(c3ccc(S(F)(F)(F)(F)F)cc3)CC2)CC1. The fraction of sp³-hybridized carbons (Fsp3) is 0.760. The first-order chi connectivity index (χ1) is 14.5. The van der Waals surface area contributed by atoms with Crippen LogP contribution in [0.25, 0.3) is 0 Å². The Morgan fingerprint density at radius 3 is 1.71 bits per heavy atom. The van der Waals surface area contributed by atoms with Crippen molar-refractivity contribution in [2.75, 3.05) is 0 Å². The van der Waals surface area contributed by atoms with Gasteiger partial charge in [-0.1, -0.05) is 89.9 Å². The number of hydrogen-bond acceptors (Lipinski definition) is 0. The highest BCUT2D eigenvalue weighted by molar-refractivity contribution is 8.45. The number of hydrogen-bond donors (Lipinski definition) is 0. The Labute approximate surface area is 185 Å². The maximum Gasteiger partial charge on any atom is 0.310 e. The summed E-state index contributed by atoms with van der Waals surface area (Å²) in [7, 11) is -9.57. The third-order valence-electron chi connectivity index (χ3n) is 7.84. The van der Waals surface area contributed by atoms with Gasteiger partial charge in [0.2, 0.25) is 0 Å². The molecule has 0 bridgehead atoms. The molecule has 2 fully saturated rings. The van der Waals surface area contributed by atoms with E-state index in [-0.39, 0.29) is 5.92 Å². The van der Waals surface area contributed by atoms with Crippen molar-refractivity contribution in [3.05, 3.63) is 29.8 Å². The summed E-state index contributed by atoms with van der Waals surface area (Å²) in [6, 6.07) is 3.69. The van der Waals surface area contributed by atoms with Gasteiger partial charge in [-0.3, -0.25) is 0 Å². The van der Waals surface area contributed by atoms with E-state index in [9.17, 15) is 19.4 Å². The van der Waals surface area contributed by atoms with Crippen LogP contribution in [0.2, 0.25) is 0 Å². The van der Waals surface area contributed by atoms with E-state index in [1.807, 2.05) is 0 Å². The van der Waals surface area contributed by atoms with Gasteiger partial charge in [0.15, 0.2) is 0 Å². The Hall–Kier alpha value is -0.780. The van der Waals surface area contributed by atoms with Crippen molar-refractivity contribution in [1.82, 2.24) is 0 Å². The molecule has 180 valence electrons. The van der Waals surface area contributed by atoms with E-state index in [1.54, 1.807) is 0 Å². The average Bonchev–Trinajstić information content (AvgIpc) is 2.73. The zero-order valence-corrected chi connectivity index (χ0v) is 19.6. The van der Waals surface area contributed by atoms with E-state index in [0.717, 1.165) is 49.0 Å². The molecule has 0 aromatic heterocycles. The molecular weight excluding hydrogens is 427 g/mol. The highest BCUT2D eigenvalue weighted by Gasteiger charge is 2.65. The molecule has 0 radical (unpaired) electrons. The predicted octanol–water partition coefficient (Wildman–Crippen LogP) is 10.8. The third-order valence-corrected chi connectivity index (χ3v) is 9.01. The van der Waals surface area contributed by atoms with E-state index in [2.05, 4.69) is 6.92 Å². The van der Waals surface area contributed by atoms with Crippen LogP contribution in [0.5, 0.6) is 0 Å². The van der Waals surface area contributed by atoms with Crippen molar-refractivity contribution >= 4 is 10.2 Å². The number of rotatable bonds is 9. The fourth-order valence-corrected chi connectivity index (χ4v) is 6.56. The quantitative estimate of drug-likeness (QED) is 0.251. The minimum Gasteiger partial charge on any atom is -0.0936 e. The van der Waals surface area contributed by atoms with Gasteiger partial charge >= 0.3 is 10.2 Å². The monoisotopic (exact) mass is 466 g/mol. The molecule has 0 heterocycles. The third kappa shape index (κ3) is 7.36. The van der Waals surface area contributed by atoms with E-state index in [1.165, 1.54) is 76.3 Å². The minimum absolute atomic E-state index is 0.197. The van der Waals surface area contributed by atoms with Crippen molar-refractivity contribution in [3.63, 3.8) is 0 Å². The largest absolute Gasteiger partial charge is 0.310 e. The minimum atomic E-state index is -9.57. The van der Waals surface area contributed by atoms with Crippen LogP contribution < -0.4 is 0 Å². The van der Waals surface area contributed by atoms with Crippen LogP contribution in [-0.4, -0.2) is 0 Å². The van der Waals surface area contributed by atoms with Gasteiger partial charge in [-0.05, 0) is 79.9 Å². The predicted molar refractivity (Wildman–Crippen MR) is 121 cm³/mol. The van der Waals surface area contributed by atoms with Crippen LogP contribution in [0, 0.1) is 17.8 Å². The normalized spacial score (nSPS) is 29.9. The van der Waals surface area contributed by atoms with Gasteiger partial charge in [0, 0.05) is 0 Å². The smallest absolute Gasteiger partial charge is 0.0936 e. The first kappa shape index (κ1) is 24.9. The van der Waals surface area contributed by atoms with Gasteiger partial charge in [-0.25, -0.2) is 0 Å². The molecule has 0 aliphatic heterocycles. The molecule has 0 spiro atoms. The van der Waals surface area contributed by atoms with Gasteiger partial charge in [0.05, 0.1) is 0 Å². The van der Waals surface area contributed by atoms with E-state index < -0.39 is 15.1 Å². The van der Waals surface area contributed by atoms with Crippen molar-refractivity contribution < 1.29 is 19.4 Å². The van der Waals surface area contributed by atoms with Gasteiger partial charge in [-0.2, -0.15) is 0 Å². The van der Waals surface area contributed by atoms with Crippen LogP contribution in [0.1, 0.15) is 108 Å². The second-order valence-electron chi connectivity index (χ2n) is 10.1. The molecule has 1 aromatic rings. The zero-order valence-electron chi connectivity index (χ0n) is 18.8. The van der Waals surface area contributed by atoms with E-state index >= 15 is 0 Å². The highest BCUT2D eigenvalue weighted by atomic mass is 32.5. The van der Waals surface area contributed by atoms with Gasteiger partial charge in [-0.15, -0.1) is 0 Å². The Morgan fingerprint density at radius 1 is 0.677 bits per heavy atom. The maximum atomic E-state index is 12.9. The second kappa shape index (κ2) is 9.23. The van der Waals surface area contributed by atoms with Gasteiger partial charge in [0.25, 0.3) is 0 Å². The lowest BCUT2D eigenvalue weighted by Crippen LogP contribution is -2.25. The molecule has 0 nitrogen and oxygen atoms in total. The van der Waals surface area contributed by atoms with Crippen LogP contribution in [-0.2, 0) is 0 Å². The first-order valence-electron chi connectivity index (χ1n) is 12.3. The summed E-state index contributed by atoms with van der Waals surface area (Å²) in [5.74, 6) is 2.63. The lowest BCUT2D eigenvalue weighted by atomic mass is 9.68. The summed E-state index contributed by atoms with van der Waals surface area (Å²) in [5.41, 5.74) is 0.774. The molecule has 0 unspecified atom stereocenters.